The highest BCUT2D eigenvalue weighted by molar-refractivity contribution is 5.91. The Kier molecular flexibility index (Phi) is 9.45. The van der Waals surface area contributed by atoms with Gasteiger partial charge in [0.15, 0.2) is 0 Å². The number of piperazine rings is 1. The molecule has 0 aliphatic carbocycles. The summed E-state index contributed by atoms with van der Waals surface area (Å²) in [6, 6.07) is 16.4. The lowest BCUT2D eigenvalue weighted by atomic mass is 10.0. The van der Waals surface area contributed by atoms with Crippen LogP contribution in [0.15, 0.2) is 54.6 Å². The Hall–Kier alpha value is -4.03. The molecule has 2 aromatic rings. The lowest BCUT2D eigenvalue weighted by Gasteiger charge is -2.55. The van der Waals surface area contributed by atoms with Crippen molar-refractivity contribution in [3.63, 3.8) is 0 Å². The van der Waals surface area contributed by atoms with Gasteiger partial charge in [-0.05, 0) is 36.1 Å². The number of ether oxygens (including phenoxy) is 1. The summed E-state index contributed by atoms with van der Waals surface area (Å²) in [5.74, 6) is 3.09. The fourth-order valence-electron chi connectivity index (χ4n) is 5.22. The van der Waals surface area contributed by atoms with Crippen LogP contribution in [0.4, 0.5) is 4.79 Å². The highest BCUT2D eigenvalue weighted by atomic mass is 16.5. The van der Waals surface area contributed by atoms with Crippen molar-refractivity contribution in [2.75, 3.05) is 33.3 Å². The van der Waals surface area contributed by atoms with Crippen LogP contribution in [0.25, 0.3) is 0 Å². The standard InChI is InChI=1S/C30H37N5O4/c1-4-6-12-26-29(37)32(19-17-23-13-15-25(39-3)16-14-23)21-27-34(26)28(36)22-33(18-5-2)35(27)30(38)31-20-24-10-8-7-9-11-24/h2,7-11,13-16,26-27H,4,6,12,17-22H2,1,3H3,(H,31,38)/t26-,27-/m0/s1. The number of nitrogens with one attached hydrogen (secondary N) is 1. The van der Waals surface area contributed by atoms with Gasteiger partial charge in [0.1, 0.15) is 18.0 Å². The highest BCUT2D eigenvalue weighted by Gasteiger charge is 2.50. The topological polar surface area (TPSA) is 85.4 Å². The lowest BCUT2D eigenvalue weighted by Crippen LogP contribution is -2.76. The maximum absolute atomic E-state index is 13.7. The third kappa shape index (κ3) is 6.52. The van der Waals surface area contributed by atoms with Crippen molar-refractivity contribution in [3.8, 4) is 18.1 Å². The van der Waals surface area contributed by atoms with E-state index >= 15 is 0 Å². The van der Waals surface area contributed by atoms with Crippen molar-refractivity contribution >= 4 is 17.8 Å². The van der Waals surface area contributed by atoms with Crippen LogP contribution < -0.4 is 10.1 Å². The number of hydrogen-bond donors (Lipinski definition) is 1. The van der Waals surface area contributed by atoms with Gasteiger partial charge in [-0.1, -0.05) is 68.2 Å². The Bertz CT molecular complexity index is 1180. The van der Waals surface area contributed by atoms with Crippen LogP contribution in [0.5, 0.6) is 5.75 Å². The monoisotopic (exact) mass is 531 g/mol. The van der Waals surface area contributed by atoms with Crippen molar-refractivity contribution in [1.82, 2.24) is 25.1 Å². The molecule has 2 aliphatic rings. The molecule has 39 heavy (non-hydrogen) atoms. The van der Waals surface area contributed by atoms with Gasteiger partial charge in [0.25, 0.3) is 0 Å². The molecule has 4 amide bonds. The Labute approximate surface area is 230 Å². The van der Waals surface area contributed by atoms with E-state index in [-0.39, 0.29) is 37.5 Å². The maximum atomic E-state index is 13.7. The maximum Gasteiger partial charge on any atom is 0.334 e. The van der Waals surface area contributed by atoms with Gasteiger partial charge in [-0.15, -0.1) is 6.42 Å². The summed E-state index contributed by atoms with van der Waals surface area (Å²) in [6.07, 6.45) is 7.87. The van der Waals surface area contributed by atoms with Crippen molar-refractivity contribution in [3.05, 3.63) is 65.7 Å². The van der Waals surface area contributed by atoms with E-state index in [1.807, 2.05) is 54.6 Å². The van der Waals surface area contributed by atoms with Crippen molar-refractivity contribution in [2.45, 2.75) is 51.4 Å². The second-order valence-electron chi connectivity index (χ2n) is 9.84. The van der Waals surface area contributed by atoms with Gasteiger partial charge in [0.05, 0.1) is 26.7 Å². The van der Waals surface area contributed by atoms with Crippen LogP contribution in [0.3, 0.4) is 0 Å². The zero-order valence-electron chi connectivity index (χ0n) is 22.7. The first-order valence-corrected chi connectivity index (χ1v) is 13.5. The molecule has 0 aromatic heterocycles. The normalized spacial score (nSPS) is 19.5. The summed E-state index contributed by atoms with van der Waals surface area (Å²) in [6.45, 7) is 3.13. The predicted molar refractivity (Wildman–Crippen MR) is 148 cm³/mol. The summed E-state index contributed by atoms with van der Waals surface area (Å²) in [7, 11) is 1.63. The first kappa shape index (κ1) is 28.0. The number of methoxy groups -OCH3 is 1. The van der Waals surface area contributed by atoms with Crippen LogP contribution in [0.1, 0.15) is 37.3 Å². The van der Waals surface area contributed by atoms with Gasteiger partial charge in [-0.3, -0.25) is 9.59 Å². The summed E-state index contributed by atoms with van der Waals surface area (Å²) >= 11 is 0. The number of benzene rings is 2. The molecule has 0 spiro atoms. The number of hydrogen-bond acceptors (Lipinski definition) is 5. The number of amides is 4. The number of urea groups is 1. The number of nitrogens with zero attached hydrogens (tertiary/aromatic N) is 4. The minimum Gasteiger partial charge on any atom is -0.497 e. The van der Waals surface area contributed by atoms with E-state index in [1.165, 1.54) is 0 Å². The van der Waals surface area contributed by atoms with E-state index in [1.54, 1.807) is 26.9 Å². The van der Waals surface area contributed by atoms with Gasteiger partial charge < -0.3 is 19.9 Å². The van der Waals surface area contributed by atoms with Gasteiger partial charge in [-0.2, -0.15) is 5.01 Å². The van der Waals surface area contributed by atoms with Crippen molar-refractivity contribution in [2.24, 2.45) is 0 Å². The number of carbonyl (C=O) groups excluding carboxylic acids is 3. The molecule has 0 unspecified atom stereocenters. The molecule has 2 aliphatic heterocycles. The van der Waals surface area contributed by atoms with E-state index < -0.39 is 12.2 Å². The largest absolute Gasteiger partial charge is 0.497 e. The molecule has 1 N–H and O–H groups in total. The van der Waals surface area contributed by atoms with Gasteiger partial charge in [0.2, 0.25) is 11.8 Å². The summed E-state index contributed by atoms with van der Waals surface area (Å²) in [5.41, 5.74) is 2.03. The minimum absolute atomic E-state index is 0.0544. The molecule has 206 valence electrons. The number of carbonyl (C=O) groups is 3. The molecule has 2 fully saturated rings. The summed E-state index contributed by atoms with van der Waals surface area (Å²) < 4.78 is 5.25. The number of terminal acetylenes is 1. The lowest BCUT2D eigenvalue weighted by molar-refractivity contribution is -0.189. The number of hydrazine groups is 1. The molecule has 0 saturated carbocycles. The van der Waals surface area contributed by atoms with E-state index in [2.05, 4.69) is 18.2 Å². The van der Waals surface area contributed by atoms with Crippen LogP contribution >= 0.6 is 0 Å². The molecule has 2 aromatic carbocycles. The van der Waals surface area contributed by atoms with Crippen molar-refractivity contribution < 1.29 is 19.1 Å². The molecule has 2 heterocycles. The number of fused-ring (bicyclic) bond motifs is 1. The number of rotatable bonds is 10. The first-order chi connectivity index (χ1) is 19.0. The zero-order valence-corrected chi connectivity index (χ0v) is 22.7. The molecule has 9 nitrogen and oxygen atoms in total. The molecule has 0 bridgehead atoms. The van der Waals surface area contributed by atoms with Crippen LogP contribution in [0.2, 0.25) is 0 Å². The Morgan fingerprint density at radius 1 is 1.10 bits per heavy atom. The van der Waals surface area contributed by atoms with Crippen LogP contribution in [-0.4, -0.2) is 83.2 Å². The van der Waals surface area contributed by atoms with Crippen LogP contribution in [0, 0.1) is 12.3 Å². The Balaban J connectivity index is 1.59. The molecule has 9 heteroatoms. The molecule has 2 saturated heterocycles. The summed E-state index contributed by atoms with van der Waals surface area (Å²) in [5, 5.41) is 6.14. The predicted octanol–water partition coefficient (Wildman–Crippen LogP) is 2.87. The van der Waals surface area contributed by atoms with Crippen LogP contribution in [-0.2, 0) is 22.6 Å². The Morgan fingerprint density at radius 3 is 2.51 bits per heavy atom. The molecular formula is C30H37N5O4. The second-order valence-corrected chi connectivity index (χ2v) is 9.84. The fourth-order valence-corrected chi connectivity index (χ4v) is 5.22. The van der Waals surface area contributed by atoms with E-state index in [0.29, 0.717) is 25.9 Å². The molecule has 0 radical (unpaired) electrons. The third-order valence-electron chi connectivity index (χ3n) is 7.26. The quantitative estimate of drug-likeness (QED) is 0.477. The smallest absolute Gasteiger partial charge is 0.334 e. The second kappa shape index (κ2) is 13.2. The fraction of sp³-hybridized carbons (Fsp3) is 0.433. The van der Waals surface area contributed by atoms with E-state index in [4.69, 9.17) is 11.2 Å². The van der Waals surface area contributed by atoms with Gasteiger partial charge in [0, 0.05) is 13.1 Å². The third-order valence-corrected chi connectivity index (χ3v) is 7.26. The molecular weight excluding hydrogens is 494 g/mol. The summed E-state index contributed by atoms with van der Waals surface area (Å²) in [4.78, 5) is 44.1. The minimum atomic E-state index is -0.647. The molecule has 4 rings (SSSR count). The zero-order chi connectivity index (χ0) is 27.8. The number of unbranched alkanes of at least 4 members (excludes halogenated alkanes) is 1. The van der Waals surface area contributed by atoms with E-state index in [9.17, 15) is 14.4 Å². The molecule has 2 atom stereocenters. The SMILES string of the molecule is C#CCN1CC(=O)N2[C@@H](CCCC)C(=O)N(CCc3ccc(OC)cc3)C[C@@H]2N1C(=O)NCc1ccccc1. The highest BCUT2D eigenvalue weighted by Crippen LogP contribution is 2.29. The van der Waals surface area contributed by atoms with Gasteiger partial charge >= 0.3 is 6.03 Å². The average molecular weight is 532 g/mol. The average Bonchev–Trinajstić information content (AvgIpc) is 2.95. The van der Waals surface area contributed by atoms with Crippen molar-refractivity contribution in [1.29, 1.82) is 0 Å². The van der Waals surface area contributed by atoms with Gasteiger partial charge in [-0.25, -0.2) is 9.80 Å². The Morgan fingerprint density at radius 2 is 1.85 bits per heavy atom. The first-order valence-electron chi connectivity index (χ1n) is 13.5. The van der Waals surface area contributed by atoms with E-state index in [0.717, 1.165) is 29.7 Å².